The largest absolute Gasteiger partial charge is 0.545 e. The first-order chi connectivity index (χ1) is 31.1. The van der Waals surface area contributed by atoms with Crippen molar-refractivity contribution in [1.82, 2.24) is 0 Å². The van der Waals surface area contributed by atoms with Crippen LogP contribution in [0.25, 0.3) is 0 Å². The van der Waals surface area contributed by atoms with E-state index in [0.717, 1.165) is 77.0 Å². The number of nitrogens with zero attached hydrogens (tertiary/aromatic N) is 1. The first kappa shape index (κ1) is 60.2. The van der Waals surface area contributed by atoms with Gasteiger partial charge in [0.05, 0.1) is 40.3 Å². The van der Waals surface area contributed by atoms with Crippen molar-refractivity contribution in [2.75, 3.05) is 47.5 Å². The quantitative estimate of drug-likeness (QED) is 0.0195. The maximum absolute atomic E-state index is 12.8. The van der Waals surface area contributed by atoms with Crippen LogP contribution in [0.1, 0.15) is 174 Å². The summed E-state index contributed by atoms with van der Waals surface area (Å²) in [6.07, 6.45) is 57.3. The molecule has 0 aromatic carbocycles. The lowest BCUT2D eigenvalue weighted by Crippen LogP contribution is -2.44. The van der Waals surface area contributed by atoms with E-state index in [2.05, 4.69) is 105 Å². The van der Waals surface area contributed by atoms with Crippen LogP contribution in [0.2, 0.25) is 0 Å². The van der Waals surface area contributed by atoms with E-state index in [9.17, 15) is 19.5 Å². The van der Waals surface area contributed by atoms with Crippen molar-refractivity contribution in [2.24, 2.45) is 0 Å². The summed E-state index contributed by atoms with van der Waals surface area (Å²) in [5.74, 6) is -2.39. The number of esters is 2. The monoisotopic (exact) mass is 894 g/mol. The Hall–Kier alpha value is -3.79. The van der Waals surface area contributed by atoms with Gasteiger partial charge in [0.1, 0.15) is 13.2 Å². The third kappa shape index (κ3) is 46.2. The number of aliphatic carboxylic acids is 1. The van der Waals surface area contributed by atoms with E-state index < -0.39 is 24.3 Å². The molecule has 364 valence electrons. The Kier molecular flexibility index (Phi) is 43.1. The molecule has 64 heavy (non-hydrogen) atoms. The third-order valence-electron chi connectivity index (χ3n) is 10.1. The smallest absolute Gasteiger partial charge is 0.306 e. The van der Waals surface area contributed by atoms with Crippen LogP contribution in [0.15, 0.2) is 97.2 Å². The highest BCUT2D eigenvalue weighted by atomic mass is 16.7. The van der Waals surface area contributed by atoms with Gasteiger partial charge < -0.3 is 33.3 Å². The molecular weight excluding hydrogens is 803 g/mol. The maximum atomic E-state index is 12.8. The Labute approximate surface area is 391 Å². The summed E-state index contributed by atoms with van der Waals surface area (Å²) in [4.78, 5) is 37.1. The molecule has 0 aromatic rings. The molecule has 0 bridgehead atoms. The summed E-state index contributed by atoms with van der Waals surface area (Å²) < 4.78 is 22.5. The van der Waals surface area contributed by atoms with Crippen molar-refractivity contribution < 1.29 is 42.9 Å². The lowest BCUT2D eigenvalue weighted by atomic mass is 10.1. The average molecular weight is 894 g/mol. The molecule has 0 aliphatic carbocycles. The molecule has 0 saturated heterocycles. The zero-order valence-corrected chi connectivity index (χ0v) is 41.1. The molecule has 9 heteroatoms. The van der Waals surface area contributed by atoms with Gasteiger partial charge in [-0.3, -0.25) is 9.59 Å². The minimum atomic E-state index is -1.64. The van der Waals surface area contributed by atoms with Gasteiger partial charge >= 0.3 is 11.9 Å². The van der Waals surface area contributed by atoms with Crippen LogP contribution in [0.3, 0.4) is 0 Å². The second kappa shape index (κ2) is 45.8. The molecule has 0 aliphatic heterocycles. The molecule has 0 saturated carbocycles. The molecule has 2 unspecified atom stereocenters. The van der Waals surface area contributed by atoms with Gasteiger partial charge in [-0.1, -0.05) is 169 Å². The lowest BCUT2D eigenvalue weighted by molar-refractivity contribution is -0.870. The number of rotatable bonds is 44. The summed E-state index contributed by atoms with van der Waals surface area (Å²) in [6.45, 7) is 4.53. The van der Waals surface area contributed by atoms with Crippen LogP contribution >= 0.6 is 0 Å². The molecule has 0 N–H and O–H groups in total. The van der Waals surface area contributed by atoms with Gasteiger partial charge in [0.2, 0.25) is 0 Å². The van der Waals surface area contributed by atoms with Gasteiger partial charge in [0, 0.05) is 12.8 Å². The average Bonchev–Trinajstić information content (AvgIpc) is 3.26. The number of carbonyl (C=O) groups excluding carboxylic acids is 3. The molecule has 0 amide bonds. The second-order valence-corrected chi connectivity index (χ2v) is 17.4. The number of allylic oxidation sites excluding steroid dienone is 16. The summed E-state index contributed by atoms with van der Waals surface area (Å²) in [5, 5.41) is 11.7. The maximum Gasteiger partial charge on any atom is 0.306 e. The number of carbonyl (C=O) groups is 3. The number of carboxylic acid groups (broad SMARTS) is 1. The minimum absolute atomic E-state index is 0.130. The molecular formula is C55H91NO8. The van der Waals surface area contributed by atoms with Crippen molar-refractivity contribution in [3.05, 3.63) is 97.2 Å². The van der Waals surface area contributed by atoms with Gasteiger partial charge in [-0.05, 0) is 89.9 Å². The fourth-order valence-corrected chi connectivity index (χ4v) is 6.22. The number of unbranched alkanes of at least 4 members (excludes halogenated alkanes) is 13. The molecule has 0 fully saturated rings. The van der Waals surface area contributed by atoms with Crippen LogP contribution in [0, 0.1) is 0 Å². The first-order valence-corrected chi connectivity index (χ1v) is 24.9. The summed E-state index contributed by atoms with van der Waals surface area (Å²) in [7, 11) is 5.88. The van der Waals surface area contributed by atoms with E-state index in [1.807, 2.05) is 27.2 Å². The van der Waals surface area contributed by atoms with Crippen LogP contribution < -0.4 is 5.11 Å². The minimum Gasteiger partial charge on any atom is -0.545 e. The van der Waals surface area contributed by atoms with Crippen LogP contribution in [-0.2, 0) is 33.3 Å². The molecule has 9 nitrogen and oxygen atoms in total. The van der Waals surface area contributed by atoms with Crippen molar-refractivity contribution in [3.63, 3.8) is 0 Å². The number of carboxylic acids is 1. The van der Waals surface area contributed by atoms with Crippen LogP contribution in [0.4, 0.5) is 0 Å². The summed E-state index contributed by atoms with van der Waals surface area (Å²) in [5.41, 5.74) is 0. The normalized spacial score (nSPS) is 13.7. The lowest BCUT2D eigenvalue weighted by Gasteiger charge is -2.26. The number of quaternary nitrogens is 1. The van der Waals surface area contributed by atoms with E-state index in [0.29, 0.717) is 30.3 Å². The predicted octanol–water partition coefficient (Wildman–Crippen LogP) is 12.5. The van der Waals surface area contributed by atoms with E-state index in [1.54, 1.807) is 0 Å². The Morgan fingerprint density at radius 2 is 0.906 bits per heavy atom. The Balaban J connectivity index is 4.52. The Morgan fingerprint density at radius 3 is 1.39 bits per heavy atom. The molecule has 0 rings (SSSR count). The summed E-state index contributed by atoms with van der Waals surface area (Å²) in [6, 6.07) is 0. The molecule has 0 aromatic heterocycles. The van der Waals surface area contributed by atoms with Crippen LogP contribution in [0.5, 0.6) is 0 Å². The molecule has 0 radical (unpaired) electrons. The van der Waals surface area contributed by atoms with Gasteiger partial charge in [-0.15, -0.1) is 0 Å². The van der Waals surface area contributed by atoms with Crippen molar-refractivity contribution in [3.8, 4) is 0 Å². The molecule has 0 aliphatic rings. The topological polar surface area (TPSA) is 111 Å². The highest BCUT2D eigenvalue weighted by Gasteiger charge is 2.21. The number of hydrogen-bond donors (Lipinski definition) is 0. The predicted molar refractivity (Wildman–Crippen MR) is 264 cm³/mol. The third-order valence-corrected chi connectivity index (χ3v) is 10.1. The Morgan fingerprint density at radius 1 is 0.484 bits per heavy atom. The van der Waals surface area contributed by atoms with Crippen molar-refractivity contribution in [2.45, 2.75) is 187 Å². The fourth-order valence-electron chi connectivity index (χ4n) is 6.22. The van der Waals surface area contributed by atoms with Crippen molar-refractivity contribution >= 4 is 17.9 Å². The summed E-state index contributed by atoms with van der Waals surface area (Å²) >= 11 is 0. The molecule has 2 atom stereocenters. The van der Waals surface area contributed by atoms with Crippen LogP contribution in [-0.4, -0.2) is 82.3 Å². The zero-order valence-electron chi connectivity index (χ0n) is 41.1. The van der Waals surface area contributed by atoms with Crippen molar-refractivity contribution in [1.29, 1.82) is 0 Å². The number of ether oxygens (including phenoxy) is 4. The van der Waals surface area contributed by atoms with E-state index in [4.69, 9.17) is 18.9 Å². The standard InChI is InChI=1S/C55H91NO8/c1-6-8-10-12-14-16-18-20-22-24-25-26-27-28-29-30-32-34-36-38-40-42-44-46-53(58)64-51(50-63-55(54(59)60)61-48-47-56(3,4)5)49-62-52(57)45-43-41-39-37-35-33-31-23-21-19-17-15-13-11-9-7-2/h8,10,14,16,20,22-23,25-26,28-29,31-32,34,38,40,51,55H,6-7,9,11-13,15,17-19,21,24,27,30,33,35-37,39,41-50H2,1-5H3/b10-8-,16-14-,22-20-,26-25-,29-28-,31-23-,34-32-,40-38-. The number of hydrogen-bond acceptors (Lipinski definition) is 8. The SMILES string of the molecule is CC/C=C\C/C=C\C/C=C\C/C=C\C/C=C\C/C=C\C/C=C\CCCC(=O)OC(COC(=O)CCCCCCC/C=C\CCCCCCCCC)COC(OCC[N+](C)(C)C)C(=O)[O-]. The zero-order chi connectivity index (χ0) is 47.0. The van der Waals surface area contributed by atoms with E-state index >= 15 is 0 Å². The molecule has 0 spiro atoms. The highest BCUT2D eigenvalue weighted by molar-refractivity contribution is 5.70. The van der Waals surface area contributed by atoms with Gasteiger partial charge in [0.15, 0.2) is 12.4 Å². The van der Waals surface area contributed by atoms with Gasteiger partial charge in [-0.2, -0.15) is 0 Å². The highest BCUT2D eigenvalue weighted by Crippen LogP contribution is 2.12. The van der Waals surface area contributed by atoms with E-state index in [-0.39, 0.29) is 38.6 Å². The van der Waals surface area contributed by atoms with Gasteiger partial charge in [-0.25, -0.2) is 0 Å². The van der Waals surface area contributed by atoms with Gasteiger partial charge in [0.25, 0.3) is 0 Å². The second-order valence-electron chi connectivity index (χ2n) is 17.4. The van der Waals surface area contributed by atoms with E-state index in [1.165, 1.54) is 51.4 Å². The number of likely N-dealkylation sites (N-methyl/N-ethyl adjacent to an activating group) is 1. The first-order valence-electron chi connectivity index (χ1n) is 24.9. The fraction of sp³-hybridized carbons (Fsp3) is 0.655. The Bertz CT molecular complexity index is 1370. The molecule has 0 heterocycles.